The molecule has 22 heavy (non-hydrogen) atoms. The highest BCUT2D eigenvalue weighted by atomic mass is 16.2. The van der Waals surface area contributed by atoms with E-state index in [4.69, 9.17) is 0 Å². The van der Waals surface area contributed by atoms with Crippen molar-refractivity contribution in [2.45, 2.75) is 27.7 Å². The predicted molar refractivity (Wildman–Crippen MR) is 88.0 cm³/mol. The zero-order valence-corrected chi connectivity index (χ0v) is 13.6. The molecule has 2 aromatic rings. The maximum absolute atomic E-state index is 12.6. The number of nitrogens with one attached hydrogen (secondary N) is 2. The molecule has 2 N–H and O–H groups in total. The van der Waals surface area contributed by atoms with Gasteiger partial charge in [-0.25, -0.2) is 0 Å². The lowest BCUT2D eigenvalue weighted by Gasteiger charge is -2.19. The van der Waals surface area contributed by atoms with E-state index in [2.05, 4.69) is 16.4 Å². The number of amides is 2. The number of likely N-dealkylation sites (N-methyl/N-ethyl adjacent to an activating group) is 2. The van der Waals surface area contributed by atoms with Gasteiger partial charge in [-0.1, -0.05) is 6.07 Å². The number of hydrogen-bond donors (Lipinski definition) is 2. The van der Waals surface area contributed by atoms with E-state index in [9.17, 15) is 9.59 Å². The van der Waals surface area contributed by atoms with Crippen molar-refractivity contribution in [3.63, 3.8) is 0 Å². The highest BCUT2D eigenvalue weighted by molar-refractivity contribution is 6.00. The van der Waals surface area contributed by atoms with E-state index in [-0.39, 0.29) is 18.4 Å². The summed E-state index contributed by atoms with van der Waals surface area (Å²) in [7, 11) is 0. The minimum atomic E-state index is -0.151. The van der Waals surface area contributed by atoms with Gasteiger partial charge in [-0.15, -0.1) is 0 Å². The van der Waals surface area contributed by atoms with Crippen LogP contribution >= 0.6 is 0 Å². The van der Waals surface area contributed by atoms with Gasteiger partial charge in [0.15, 0.2) is 0 Å². The molecule has 0 fully saturated rings. The molecule has 1 aromatic heterocycles. The van der Waals surface area contributed by atoms with Gasteiger partial charge in [-0.3, -0.25) is 9.59 Å². The quantitative estimate of drug-likeness (QED) is 0.890. The number of aryl methyl sites for hydroxylation is 2. The molecule has 0 aliphatic carbocycles. The van der Waals surface area contributed by atoms with Gasteiger partial charge in [-0.2, -0.15) is 0 Å². The Morgan fingerprint density at radius 3 is 2.55 bits per heavy atom. The third kappa shape index (κ3) is 3.30. The number of carbonyl (C=O) groups is 2. The van der Waals surface area contributed by atoms with E-state index in [0.717, 1.165) is 22.0 Å². The van der Waals surface area contributed by atoms with E-state index in [1.807, 2.05) is 39.8 Å². The molecular formula is C17H23N3O2. The Morgan fingerprint density at radius 1 is 1.18 bits per heavy atom. The molecule has 0 atom stereocenters. The number of rotatable bonds is 5. The molecule has 5 heteroatoms. The highest BCUT2D eigenvalue weighted by Gasteiger charge is 2.19. The maximum atomic E-state index is 12.6. The number of fused-ring (bicyclic) bond motifs is 1. The van der Waals surface area contributed by atoms with Gasteiger partial charge in [-0.05, 0) is 51.0 Å². The van der Waals surface area contributed by atoms with Crippen molar-refractivity contribution in [1.82, 2.24) is 15.2 Å². The first-order valence-corrected chi connectivity index (χ1v) is 7.62. The Bertz CT molecular complexity index is 703. The summed E-state index contributed by atoms with van der Waals surface area (Å²) >= 11 is 0. The standard InChI is InChI=1S/C17H23N3O2/c1-5-18-16(21)10-20(6-2)17(22)15-9-13-12(4)7-11(3)8-14(13)19-15/h7-9,19H,5-6,10H2,1-4H3,(H,18,21). The monoisotopic (exact) mass is 301 g/mol. The number of nitrogens with zero attached hydrogens (tertiary/aromatic N) is 1. The van der Waals surface area contributed by atoms with Crippen LogP contribution in [0.15, 0.2) is 18.2 Å². The first-order chi connectivity index (χ1) is 10.5. The van der Waals surface area contributed by atoms with Gasteiger partial charge >= 0.3 is 0 Å². The van der Waals surface area contributed by atoms with E-state index in [0.29, 0.717) is 18.8 Å². The minimum absolute atomic E-state index is 0.0799. The Balaban J connectivity index is 2.27. The number of aromatic amines is 1. The van der Waals surface area contributed by atoms with Gasteiger partial charge in [0.05, 0.1) is 6.54 Å². The fourth-order valence-corrected chi connectivity index (χ4v) is 2.64. The van der Waals surface area contributed by atoms with Crippen molar-refractivity contribution in [3.8, 4) is 0 Å². The Morgan fingerprint density at radius 2 is 1.91 bits per heavy atom. The maximum Gasteiger partial charge on any atom is 0.270 e. The minimum Gasteiger partial charge on any atom is -0.355 e. The van der Waals surface area contributed by atoms with Crippen molar-refractivity contribution < 1.29 is 9.59 Å². The number of carbonyl (C=O) groups excluding carboxylic acids is 2. The smallest absolute Gasteiger partial charge is 0.270 e. The summed E-state index contributed by atoms with van der Waals surface area (Å²) in [6.45, 7) is 8.93. The van der Waals surface area contributed by atoms with Crippen LogP contribution in [0.4, 0.5) is 0 Å². The number of benzene rings is 1. The third-order valence-corrected chi connectivity index (χ3v) is 3.70. The number of hydrogen-bond acceptors (Lipinski definition) is 2. The number of H-pyrrole nitrogens is 1. The molecule has 5 nitrogen and oxygen atoms in total. The zero-order chi connectivity index (χ0) is 16.3. The number of aromatic nitrogens is 1. The first kappa shape index (κ1) is 16.1. The van der Waals surface area contributed by atoms with Crippen LogP contribution in [0.2, 0.25) is 0 Å². The van der Waals surface area contributed by atoms with Crippen LogP contribution in [0.5, 0.6) is 0 Å². The van der Waals surface area contributed by atoms with Crippen LogP contribution in [0.25, 0.3) is 10.9 Å². The van der Waals surface area contributed by atoms with Crippen molar-refractivity contribution in [2.24, 2.45) is 0 Å². The molecule has 0 saturated carbocycles. The van der Waals surface area contributed by atoms with Gasteiger partial charge in [0.25, 0.3) is 5.91 Å². The normalized spacial score (nSPS) is 10.7. The fourth-order valence-electron chi connectivity index (χ4n) is 2.64. The Labute approximate surface area is 130 Å². The summed E-state index contributed by atoms with van der Waals surface area (Å²) in [5.41, 5.74) is 3.77. The second kappa shape index (κ2) is 6.64. The molecular weight excluding hydrogens is 278 g/mol. The van der Waals surface area contributed by atoms with Gasteiger partial charge < -0.3 is 15.2 Å². The van der Waals surface area contributed by atoms with Crippen molar-refractivity contribution in [2.75, 3.05) is 19.6 Å². The molecule has 0 bridgehead atoms. The molecule has 0 radical (unpaired) electrons. The second-order valence-corrected chi connectivity index (χ2v) is 5.50. The Hall–Kier alpha value is -2.30. The molecule has 0 saturated heterocycles. The summed E-state index contributed by atoms with van der Waals surface area (Å²) in [4.78, 5) is 29.0. The topological polar surface area (TPSA) is 65.2 Å². The summed E-state index contributed by atoms with van der Waals surface area (Å²) < 4.78 is 0. The Kier molecular flexibility index (Phi) is 4.85. The van der Waals surface area contributed by atoms with E-state index >= 15 is 0 Å². The average Bonchev–Trinajstić information content (AvgIpc) is 2.88. The van der Waals surface area contributed by atoms with Crippen LogP contribution in [0.1, 0.15) is 35.5 Å². The van der Waals surface area contributed by atoms with E-state index < -0.39 is 0 Å². The van der Waals surface area contributed by atoms with Gasteiger partial charge in [0, 0.05) is 24.0 Å². The zero-order valence-electron chi connectivity index (χ0n) is 13.6. The van der Waals surface area contributed by atoms with Crippen LogP contribution < -0.4 is 5.32 Å². The summed E-state index contributed by atoms with van der Waals surface area (Å²) in [6, 6.07) is 5.99. The second-order valence-electron chi connectivity index (χ2n) is 5.50. The molecule has 118 valence electrons. The molecule has 0 unspecified atom stereocenters. The lowest BCUT2D eigenvalue weighted by molar-refractivity contribution is -0.121. The highest BCUT2D eigenvalue weighted by Crippen LogP contribution is 2.22. The molecule has 2 amide bonds. The van der Waals surface area contributed by atoms with E-state index in [1.165, 1.54) is 4.90 Å². The third-order valence-electron chi connectivity index (χ3n) is 3.70. The molecule has 1 aromatic carbocycles. The largest absolute Gasteiger partial charge is 0.355 e. The molecule has 0 aliphatic heterocycles. The van der Waals surface area contributed by atoms with E-state index in [1.54, 1.807) is 0 Å². The van der Waals surface area contributed by atoms with Crippen molar-refractivity contribution >= 4 is 22.7 Å². The van der Waals surface area contributed by atoms with Crippen molar-refractivity contribution in [3.05, 3.63) is 35.0 Å². The molecule has 0 aliphatic rings. The SMILES string of the molecule is CCNC(=O)CN(CC)C(=O)c1cc2c(C)cc(C)cc2[nH]1. The summed E-state index contributed by atoms with van der Waals surface area (Å²) in [6.07, 6.45) is 0. The molecule has 1 heterocycles. The average molecular weight is 301 g/mol. The van der Waals surface area contributed by atoms with Crippen LogP contribution in [0, 0.1) is 13.8 Å². The summed E-state index contributed by atoms with van der Waals surface area (Å²) in [5, 5.41) is 3.76. The fraction of sp³-hybridized carbons (Fsp3) is 0.412. The predicted octanol–water partition coefficient (Wildman–Crippen LogP) is 2.38. The van der Waals surface area contributed by atoms with Crippen LogP contribution in [-0.4, -0.2) is 41.3 Å². The van der Waals surface area contributed by atoms with Gasteiger partial charge in [0.1, 0.15) is 5.69 Å². The molecule has 0 spiro atoms. The van der Waals surface area contributed by atoms with Crippen LogP contribution in [0.3, 0.4) is 0 Å². The lowest BCUT2D eigenvalue weighted by Crippen LogP contribution is -2.40. The molecule has 2 rings (SSSR count). The van der Waals surface area contributed by atoms with Gasteiger partial charge in [0.2, 0.25) is 5.91 Å². The lowest BCUT2D eigenvalue weighted by atomic mass is 10.1. The van der Waals surface area contributed by atoms with Crippen LogP contribution in [-0.2, 0) is 4.79 Å². The van der Waals surface area contributed by atoms with Crippen molar-refractivity contribution in [1.29, 1.82) is 0 Å². The summed E-state index contributed by atoms with van der Waals surface area (Å²) in [5.74, 6) is -0.289. The first-order valence-electron chi connectivity index (χ1n) is 7.62.